The molecule has 0 N–H and O–H groups in total. The Labute approximate surface area is 190 Å². The summed E-state index contributed by atoms with van der Waals surface area (Å²) in [4.78, 5) is 24.9. The molecule has 11 heteroatoms. The number of esters is 1. The molecule has 2 aromatic carbocycles. The van der Waals surface area contributed by atoms with Gasteiger partial charge in [-0.15, -0.1) is 0 Å². The number of carbonyl (C=O) groups excluding carboxylic acids is 1. The zero-order valence-electron chi connectivity index (χ0n) is 18.4. The van der Waals surface area contributed by atoms with E-state index in [0.29, 0.717) is 5.69 Å². The second-order valence-electron chi connectivity index (χ2n) is 6.72. The molecule has 0 spiro atoms. The summed E-state index contributed by atoms with van der Waals surface area (Å²) in [5, 5.41) is 4.03. The molecular weight excluding hydrogens is 452 g/mol. The minimum atomic E-state index is -4.56. The lowest BCUT2D eigenvalue weighted by atomic mass is 10.2. The van der Waals surface area contributed by atoms with Crippen LogP contribution in [0.2, 0.25) is 0 Å². The molecule has 1 heterocycles. The Bertz CT molecular complexity index is 1330. The summed E-state index contributed by atoms with van der Waals surface area (Å²) in [7, 11) is -1.91. The predicted molar refractivity (Wildman–Crippen MR) is 118 cm³/mol. The third kappa shape index (κ3) is 5.14. The lowest BCUT2D eigenvalue weighted by molar-refractivity contribution is 0.0515. The van der Waals surface area contributed by atoms with Gasteiger partial charge in [0.25, 0.3) is 5.56 Å². The largest absolute Gasteiger partial charge is 0.497 e. The van der Waals surface area contributed by atoms with Gasteiger partial charge in [0.15, 0.2) is 10.6 Å². The number of hydrogen-bond acceptors (Lipinski definition) is 9. The van der Waals surface area contributed by atoms with Crippen molar-refractivity contribution in [2.45, 2.75) is 18.7 Å². The van der Waals surface area contributed by atoms with Crippen LogP contribution in [0.1, 0.15) is 23.0 Å². The average Bonchev–Trinajstić information content (AvgIpc) is 2.79. The first-order chi connectivity index (χ1) is 15.7. The molecule has 0 aliphatic rings. The minimum Gasteiger partial charge on any atom is -0.497 e. The highest BCUT2D eigenvalue weighted by Gasteiger charge is 2.28. The smallest absolute Gasteiger partial charge is 0.362 e. The molecular formula is C22H22N2O8S. The van der Waals surface area contributed by atoms with E-state index in [1.54, 1.807) is 31.2 Å². The molecule has 0 unspecified atom stereocenters. The van der Waals surface area contributed by atoms with Crippen LogP contribution < -0.4 is 19.2 Å². The first kappa shape index (κ1) is 23.8. The van der Waals surface area contributed by atoms with Crippen LogP contribution in [0.4, 0.5) is 0 Å². The van der Waals surface area contributed by atoms with E-state index in [2.05, 4.69) is 5.10 Å². The van der Waals surface area contributed by atoms with Crippen LogP contribution in [0.3, 0.4) is 0 Å². The van der Waals surface area contributed by atoms with Crippen molar-refractivity contribution < 1.29 is 31.6 Å². The molecule has 10 nitrogen and oxygen atoms in total. The minimum absolute atomic E-state index is 0.0000679. The fourth-order valence-corrected chi connectivity index (χ4v) is 3.97. The van der Waals surface area contributed by atoms with E-state index in [1.807, 2.05) is 6.92 Å². The summed E-state index contributed by atoms with van der Waals surface area (Å²) < 4.78 is 47.4. The van der Waals surface area contributed by atoms with E-state index in [4.69, 9.17) is 18.4 Å². The number of methoxy groups -OCH3 is 2. The Kier molecular flexibility index (Phi) is 7.02. The van der Waals surface area contributed by atoms with Gasteiger partial charge >= 0.3 is 16.1 Å². The average molecular weight is 474 g/mol. The van der Waals surface area contributed by atoms with Gasteiger partial charge < -0.3 is 18.4 Å². The van der Waals surface area contributed by atoms with Gasteiger partial charge in [0.2, 0.25) is 5.69 Å². The predicted octanol–water partition coefficient (Wildman–Crippen LogP) is 2.50. The maximum atomic E-state index is 13.0. The number of benzene rings is 2. The van der Waals surface area contributed by atoms with Crippen LogP contribution >= 0.6 is 0 Å². The van der Waals surface area contributed by atoms with Crippen LogP contribution in [0, 0.1) is 6.92 Å². The molecule has 0 bridgehead atoms. The first-order valence-corrected chi connectivity index (χ1v) is 11.2. The second-order valence-corrected chi connectivity index (χ2v) is 8.23. The highest BCUT2D eigenvalue weighted by molar-refractivity contribution is 7.87. The molecule has 0 fully saturated rings. The molecule has 174 valence electrons. The highest BCUT2D eigenvalue weighted by Crippen LogP contribution is 2.31. The number of rotatable bonds is 8. The fourth-order valence-electron chi connectivity index (χ4n) is 2.86. The summed E-state index contributed by atoms with van der Waals surface area (Å²) in [5.41, 5.74) is 0.132. The Morgan fingerprint density at radius 1 is 1.00 bits per heavy atom. The Morgan fingerprint density at radius 2 is 1.70 bits per heavy atom. The maximum absolute atomic E-state index is 13.0. The lowest BCUT2D eigenvalue weighted by Crippen LogP contribution is -2.26. The first-order valence-electron chi connectivity index (χ1n) is 9.75. The van der Waals surface area contributed by atoms with Crippen molar-refractivity contribution in [1.29, 1.82) is 0 Å². The number of ether oxygens (including phenoxy) is 3. The van der Waals surface area contributed by atoms with Gasteiger partial charge in [0, 0.05) is 6.07 Å². The molecule has 0 amide bonds. The number of aromatic nitrogens is 2. The molecule has 3 rings (SSSR count). The van der Waals surface area contributed by atoms with E-state index in [-0.39, 0.29) is 23.0 Å². The Hall–Kier alpha value is -3.86. The van der Waals surface area contributed by atoms with E-state index >= 15 is 0 Å². The highest BCUT2D eigenvalue weighted by atomic mass is 32.2. The number of nitrogens with zero attached hydrogens (tertiary/aromatic N) is 2. The summed E-state index contributed by atoms with van der Waals surface area (Å²) >= 11 is 0. The van der Waals surface area contributed by atoms with Crippen LogP contribution in [-0.4, -0.2) is 45.0 Å². The summed E-state index contributed by atoms with van der Waals surface area (Å²) in [6, 6.07) is 11.7. The molecule has 0 saturated carbocycles. The van der Waals surface area contributed by atoms with Crippen molar-refractivity contribution in [3.63, 3.8) is 0 Å². The van der Waals surface area contributed by atoms with Crippen LogP contribution in [0.25, 0.3) is 5.69 Å². The number of carbonyl (C=O) groups is 1. The fraction of sp³-hybridized carbons (Fsp3) is 0.227. The third-order valence-electron chi connectivity index (χ3n) is 4.48. The SMILES string of the molecule is CCOC(=O)c1nn(-c2ccc(C)cc2)c(=O)cc1OS(=O)(=O)c1cc(OC)ccc1OC. The molecule has 3 aromatic rings. The summed E-state index contributed by atoms with van der Waals surface area (Å²) in [6.07, 6.45) is 0. The lowest BCUT2D eigenvalue weighted by Gasteiger charge is -2.14. The number of aryl methyl sites for hydroxylation is 1. The van der Waals surface area contributed by atoms with Gasteiger partial charge in [-0.1, -0.05) is 17.7 Å². The Morgan fingerprint density at radius 3 is 2.30 bits per heavy atom. The summed E-state index contributed by atoms with van der Waals surface area (Å²) in [5.74, 6) is -1.32. The van der Waals surface area contributed by atoms with Gasteiger partial charge in [0.05, 0.1) is 32.6 Å². The van der Waals surface area contributed by atoms with Crippen molar-refractivity contribution in [1.82, 2.24) is 9.78 Å². The van der Waals surface area contributed by atoms with E-state index < -0.39 is 33.1 Å². The molecule has 0 atom stereocenters. The standard InChI is InChI=1S/C22H22N2O8S/c1-5-31-22(26)21-18(13-20(25)24(23-21)15-8-6-14(2)7-9-15)32-33(27,28)19-12-16(29-3)10-11-17(19)30-4/h6-13H,5H2,1-4H3. The molecule has 0 aliphatic carbocycles. The number of hydrogen-bond donors (Lipinski definition) is 0. The molecule has 0 aliphatic heterocycles. The van der Waals surface area contributed by atoms with Crippen molar-refractivity contribution in [2.75, 3.05) is 20.8 Å². The second kappa shape index (κ2) is 9.74. The van der Waals surface area contributed by atoms with Crippen molar-refractivity contribution in [3.05, 3.63) is 70.1 Å². The van der Waals surface area contributed by atoms with Crippen LogP contribution in [0.5, 0.6) is 17.2 Å². The monoisotopic (exact) mass is 474 g/mol. The van der Waals surface area contributed by atoms with Gasteiger partial charge in [-0.25, -0.2) is 4.79 Å². The van der Waals surface area contributed by atoms with Gasteiger partial charge in [-0.3, -0.25) is 4.79 Å². The van der Waals surface area contributed by atoms with Crippen molar-refractivity contribution in [3.8, 4) is 22.9 Å². The van der Waals surface area contributed by atoms with Gasteiger partial charge in [-0.05, 0) is 38.1 Å². The molecule has 1 aromatic heterocycles. The van der Waals surface area contributed by atoms with Crippen molar-refractivity contribution >= 4 is 16.1 Å². The van der Waals surface area contributed by atoms with E-state index in [9.17, 15) is 18.0 Å². The Balaban J connectivity index is 2.14. The van der Waals surface area contributed by atoms with Crippen LogP contribution in [0.15, 0.2) is 58.2 Å². The maximum Gasteiger partial charge on any atom is 0.362 e. The van der Waals surface area contributed by atoms with Crippen LogP contribution in [-0.2, 0) is 14.9 Å². The van der Waals surface area contributed by atoms with Crippen molar-refractivity contribution in [2.24, 2.45) is 0 Å². The zero-order chi connectivity index (χ0) is 24.2. The molecule has 0 saturated heterocycles. The normalized spacial score (nSPS) is 11.0. The van der Waals surface area contributed by atoms with Gasteiger partial charge in [0.1, 0.15) is 11.5 Å². The van der Waals surface area contributed by atoms with Gasteiger partial charge in [-0.2, -0.15) is 18.2 Å². The summed E-state index contributed by atoms with van der Waals surface area (Å²) in [6.45, 7) is 3.45. The van der Waals surface area contributed by atoms with E-state index in [1.165, 1.54) is 32.4 Å². The third-order valence-corrected chi connectivity index (χ3v) is 5.74. The topological polar surface area (TPSA) is 123 Å². The zero-order valence-corrected chi connectivity index (χ0v) is 19.2. The molecule has 0 radical (unpaired) electrons. The van der Waals surface area contributed by atoms with E-state index in [0.717, 1.165) is 16.3 Å². The molecule has 33 heavy (non-hydrogen) atoms. The quantitative estimate of drug-likeness (QED) is 0.358.